The van der Waals surface area contributed by atoms with Crippen LogP contribution < -0.4 is 9.47 Å². The zero-order chi connectivity index (χ0) is 17.1. The molecule has 0 spiro atoms. The quantitative estimate of drug-likeness (QED) is 0.688. The summed E-state index contributed by atoms with van der Waals surface area (Å²) in [5, 5.41) is 8.29. The molecular weight excluding hydrogens is 318 g/mol. The van der Waals surface area contributed by atoms with Crippen LogP contribution in [0.5, 0.6) is 11.5 Å². The standard InChI is InChI=1S/C19H21N3O3/c1-22-11-14(10-20-22)12-23-15-6-8-16(9-7-15)24-13-18-17-4-2-3-5-19(17)25-21-18/h6-11H,2-5,12-13H2,1H3. The second-order valence-electron chi connectivity index (χ2n) is 6.31. The lowest BCUT2D eigenvalue weighted by molar-refractivity contribution is 0.284. The Morgan fingerprint density at radius 3 is 2.48 bits per heavy atom. The number of ether oxygens (including phenoxy) is 2. The molecule has 2 heterocycles. The van der Waals surface area contributed by atoms with E-state index in [-0.39, 0.29) is 0 Å². The first-order chi connectivity index (χ1) is 12.3. The molecule has 1 aliphatic rings. The highest BCUT2D eigenvalue weighted by atomic mass is 16.5. The maximum absolute atomic E-state index is 5.85. The van der Waals surface area contributed by atoms with E-state index < -0.39 is 0 Å². The summed E-state index contributed by atoms with van der Waals surface area (Å²) < 4.78 is 18.8. The SMILES string of the molecule is Cn1cc(COc2ccc(OCc3noc4c3CCCC4)cc2)cn1. The van der Waals surface area contributed by atoms with Crippen LogP contribution in [0.15, 0.2) is 41.2 Å². The van der Waals surface area contributed by atoms with Crippen molar-refractivity contribution in [2.45, 2.75) is 38.9 Å². The molecule has 2 aromatic heterocycles. The highest BCUT2D eigenvalue weighted by Gasteiger charge is 2.19. The van der Waals surface area contributed by atoms with Crippen LogP contribution in [0, 0.1) is 0 Å². The maximum atomic E-state index is 5.85. The maximum Gasteiger partial charge on any atom is 0.140 e. The summed E-state index contributed by atoms with van der Waals surface area (Å²) in [6, 6.07) is 7.63. The smallest absolute Gasteiger partial charge is 0.140 e. The molecule has 1 aromatic carbocycles. The van der Waals surface area contributed by atoms with E-state index in [9.17, 15) is 0 Å². The number of aromatic nitrogens is 3. The number of hydrogen-bond donors (Lipinski definition) is 0. The van der Waals surface area contributed by atoms with Gasteiger partial charge in [0.25, 0.3) is 0 Å². The molecule has 0 bridgehead atoms. The van der Waals surface area contributed by atoms with E-state index in [0.29, 0.717) is 13.2 Å². The van der Waals surface area contributed by atoms with Gasteiger partial charge in [-0.05, 0) is 43.5 Å². The molecule has 1 aliphatic carbocycles. The van der Waals surface area contributed by atoms with Gasteiger partial charge in [0.2, 0.25) is 0 Å². The molecule has 0 fully saturated rings. The topological polar surface area (TPSA) is 62.3 Å². The Labute approximate surface area is 146 Å². The summed E-state index contributed by atoms with van der Waals surface area (Å²) in [6.07, 6.45) is 8.16. The van der Waals surface area contributed by atoms with Gasteiger partial charge in [-0.25, -0.2) is 0 Å². The molecular formula is C19H21N3O3. The van der Waals surface area contributed by atoms with Gasteiger partial charge in [0.05, 0.1) is 6.20 Å². The molecule has 0 saturated heterocycles. The zero-order valence-electron chi connectivity index (χ0n) is 14.3. The molecule has 0 radical (unpaired) electrons. The number of fused-ring (bicyclic) bond motifs is 1. The molecule has 0 N–H and O–H groups in total. The molecule has 0 atom stereocenters. The van der Waals surface area contributed by atoms with Crippen molar-refractivity contribution in [3.05, 3.63) is 59.2 Å². The van der Waals surface area contributed by atoms with Crippen LogP contribution in [0.3, 0.4) is 0 Å². The van der Waals surface area contributed by atoms with E-state index in [0.717, 1.165) is 41.4 Å². The molecule has 0 saturated carbocycles. The van der Waals surface area contributed by atoms with Crippen molar-refractivity contribution in [2.24, 2.45) is 7.05 Å². The van der Waals surface area contributed by atoms with Crippen molar-refractivity contribution in [3.8, 4) is 11.5 Å². The summed E-state index contributed by atoms with van der Waals surface area (Å²) in [4.78, 5) is 0. The van der Waals surface area contributed by atoms with E-state index in [2.05, 4.69) is 10.3 Å². The Balaban J connectivity index is 1.32. The predicted molar refractivity (Wildman–Crippen MR) is 91.5 cm³/mol. The number of hydrogen-bond acceptors (Lipinski definition) is 5. The van der Waals surface area contributed by atoms with Crippen LogP contribution >= 0.6 is 0 Å². The van der Waals surface area contributed by atoms with Crippen molar-refractivity contribution >= 4 is 0 Å². The molecule has 6 heteroatoms. The average molecular weight is 339 g/mol. The largest absolute Gasteiger partial charge is 0.489 e. The number of rotatable bonds is 6. The highest BCUT2D eigenvalue weighted by Crippen LogP contribution is 2.25. The highest BCUT2D eigenvalue weighted by molar-refractivity contribution is 5.32. The summed E-state index contributed by atoms with van der Waals surface area (Å²) in [5.41, 5.74) is 3.20. The van der Waals surface area contributed by atoms with Crippen LogP contribution in [0.4, 0.5) is 0 Å². The van der Waals surface area contributed by atoms with Crippen LogP contribution in [-0.2, 0) is 33.1 Å². The average Bonchev–Trinajstić information content (AvgIpc) is 3.25. The third kappa shape index (κ3) is 3.68. The molecule has 0 aliphatic heterocycles. The van der Waals surface area contributed by atoms with Gasteiger partial charge in [0, 0.05) is 30.8 Å². The Hall–Kier alpha value is -2.76. The van der Waals surface area contributed by atoms with Gasteiger partial charge in [-0.1, -0.05) is 5.16 Å². The summed E-state index contributed by atoms with van der Waals surface area (Å²) in [6.45, 7) is 0.938. The fourth-order valence-corrected chi connectivity index (χ4v) is 3.06. The third-order valence-electron chi connectivity index (χ3n) is 4.39. The van der Waals surface area contributed by atoms with Gasteiger partial charge in [-0.3, -0.25) is 4.68 Å². The Kier molecular flexibility index (Phi) is 4.41. The molecule has 0 unspecified atom stereocenters. The lowest BCUT2D eigenvalue weighted by Gasteiger charge is -2.10. The van der Waals surface area contributed by atoms with Gasteiger partial charge >= 0.3 is 0 Å². The van der Waals surface area contributed by atoms with Gasteiger partial charge in [0.15, 0.2) is 0 Å². The van der Waals surface area contributed by atoms with Crippen molar-refractivity contribution in [1.82, 2.24) is 14.9 Å². The molecule has 25 heavy (non-hydrogen) atoms. The molecule has 0 amide bonds. The molecule has 3 aromatic rings. The fourth-order valence-electron chi connectivity index (χ4n) is 3.06. The Bertz CT molecular complexity index is 836. The van der Waals surface area contributed by atoms with Gasteiger partial charge < -0.3 is 14.0 Å². The van der Waals surface area contributed by atoms with Gasteiger partial charge in [0.1, 0.15) is 36.2 Å². The fraction of sp³-hybridized carbons (Fsp3) is 0.368. The monoisotopic (exact) mass is 339 g/mol. The predicted octanol–water partition coefficient (Wildman–Crippen LogP) is 3.44. The first kappa shape index (κ1) is 15.7. The third-order valence-corrected chi connectivity index (χ3v) is 4.39. The van der Waals surface area contributed by atoms with E-state index in [4.69, 9.17) is 14.0 Å². The molecule has 130 valence electrons. The van der Waals surface area contributed by atoms with Crippen molar-refractivity contribution in [3.63, 3.8) is 0 Å². The second kappa shape index (κ2) is 7.01. The van der Waals surface area contributed by atoms with Crippen molar-refractivity contribution in [1.29, 1.82) is 0 Å². The lowest BCUT2D eigenvalue weighted by atomic mass is 9.97. The number of benzene rings is 1. The first-order valence-electron chi connectivity index (χ1n) is 8.57. The van der Waals surface area contributed by atoms with E-state index in [1.807, 2.05) is 37.5 Å². The van der Waals surface area contributed by atoms with Gasteiger partial charge in [-0.2, -0.15) is 5.10 Å². The number of aryl methyl sites for hydroxylation is 2. The number of nitrogens with zero attached hydrogens (tertiary/aromatic N) is 3. The van der Waals surface area contributed by atoms with Crippen LogP contribution in [0.25, 0.3) is 0 Å². The Morgan fingerprint density at radius 2 is 1.76 bits per heavy atom. The van der Waals surface area contributed by atoms with Crippen LogP contribution in [0.2, 0.25) is 0 Å². The minimum absolute atomic E-state index is 0.439. The lowest BCUT2D eigenvalue weighted by Crippen LogP contribution is -2.04. The minimum atomic E-state index is 0.439. The normalized spacial score (nSPS) is 13.5. The van der Waals surface area contributed by atoms with E-state index in [1.165, 1.54) is 18.4 Å². The zero-order valence-corrected chi connectivity index (χ0v) is 14.3. The minimum Gasteiger partial charge on any atom is -0.489 e. The summed E-state index contributed by atoms with van der Waals surface area (Å²) >= 11 is 0. The van der Waals surface area contributed by atoms with Gasteiger partial charge in [-0.15, -0.1) is 0 Å². The van der Waals surface area contributed by atoms with Crippen molar-refractivity contribution < 1.29 is 14.0 Å². The summed E-state index contributed by atoms with van der Waals surface area (Å²) in [7, 11) is 1.89. The Morgan fingerprint density at radius 1 is 1.04 bits per heavy atom. The molecule has 4 rings (SSSR count). The summed E-state index contributed by atoms with van der Waals surface area (Å²) in [5.74, 6) is 2.63. The van der Waals surface area contributed by atoms with Crippen molar-refractivity contribution in [2.75, 3.05) is 0 Å². The first-order valence-corrected chi connectivity index (χ1v) is 8.57. The second-order valence-corrected chi connectivity index (χ2v) is 6.31. The van der Waals surface area contributed by atoms with E-state index >= 15 is 0 Å². The van der Waals surface area contributed by atoms with E-state index in [1.54, 1.807) is 10.9 Å². The van der Waals surface area contributed by atoms with Crippen LogP contribution in [0.1, 0.15) is 35.4 Å². The molecule has 6 nitrogen and oxygen atoms in total. The van der Waals surface area contributed by atoms with Crippen LogP contribution in [-0.4, -0.2) is 14.9 Å².